The normalized spacial score (nSPS) is 11.0. The summed E-state index contributed by atoms with van der Waals surface area (Å²) >= 11 is 5.89. The van der Waals surface area contributed by atoms with Crippen LogP contribution in [0.2, 0.25) is 5.02 Å². The molecular formula is C24H18ClN3O2. The second-order valence-electron chi connectivity index (χ2n) is 6.51. The maximum Gasteiger partial charge on any atom is 0.290 e. The number of aromatic nitrogens is 1. The number of halogens is 1. The van der Waals surface area contributed by atoms with E-state index in [0.29, 0.717) is 10.9 Å². The van der Waals surface area contributed by atoms with Gasteiger partial charge >= 0.3 is 0 Å². The van der Waals surface area contributed by atoms with Crippen LogP contribution in [0.15, 0.2) is 84.0 Å². The number of methoxy groups -OCH3 is 1. The van der Waals surface area contributed by atoms with Gasteiger partial charge < -0.3 is 4.74 Å². The van der Waals surface area contributed by atoms with Crippen LogP contribution in [0.25, 0.3) is 21.9 Å². The van der Waals surface area contributed by atoms with Gasteiger partial charge in [-0.05, 0) is 34.7 Å². The predicted molar refractivity (Wildman–Crippen MR) is 120 cm³/mol. The Hall–Kier alpha value is -3.70. The second kappa shape index (κ2) is 8.76. The van der Waals surface area contributed by atoms with Gasteiger partial charge in [0.15, 0.2) is 0 Å². The quantitative estimate of drug-likeness (QED) is 0.354. The molecule has 1 heterocycles. The van der Waals surface area contributed by atoms with Gasteiger partial charge in [-0.1, -0.05) is 72.3 Å². The van der Waals surface area contributed by atoms with Crippen LogP contribution < -0.4 is 10.2 Å². The molecule has 4 aromatic rings. The Morgan fingerprint density at radius 1 is 0.967 bits per heavy atom. The second-order valence-corrected chi connectivity index (χ2v) is 6.94. The number of ether oxygens (including phenoxy) is 1. The average molecular weight is 416 g/mol. The molecule has 0 unspecified atom stereocenters. The molecule has 0 saturated carbocycles. The van der Waals surface area contributed by atoms with Gasteiger partial charge in [0.1, 0.15) is 5.69 Å². The average Bonchev–Trinajstić information content (AvgIpc) is 2.79. The van der Waals surface area contributed by atoms with Gasteiger partial charge in [0.05, 0.1) is 13.3 Å². The van der Waals surface area contributed by atoms with E-state index in [1.54, 1.807) is 18.3 Å². The topological polar surface area (TPSA) is 63.6 Å². The van der Waals surface area contributed by atoms with Crippen molar-refractivity contribution < 1.29 is 9.53 Å². The molecule has 0 spiro atoms. The van der Waals surface area contributed by atoms with E-state index in [1.165, 1.54) is 7.11 Å². The van der Waals surface area contributed by atoms with E-state index in [2.05, 4.69) is 15.5 Å². The van der Waals surface area contributed by atoms with Crippen LogP contribution in [0.3, 0.4) is 0 Å². The van der Waals surface area contributed by atoms with Gasteiger partial charge in [0.2, 0.25) is 5.88 Å². The number of hydrogen-bond acceptors (Lipinski definition) is 4. The smallest absolute Gasteiger partial charge is 0.290 e. The Labute approximate surface area is 179 Å². The first kappa shape index (κ1) is 19.6. The number of carbonyl (C=O) groups excluding carboxylic acids is 1. The van der Waals surface area contributed by atoms with Crippen LogP contribution >= 0.6 is 11.6 Å². The zero-order chi connectivity index (χ0) is 20.9. The largest absolute Gasteiger partial charge is 0.481 e. The molecule has 30 heavy (non-hydrogen) atoms. The zero-order valence-electron chi connectivity index (χ0n) is 16.2. The van der Waals surface area contributed by atoms with Crippen LogP contribution in [-0.4, -0.2) is 24.2 Å². The Balaban J connectivity index is 1.77. The van der Waals surface area contributed by atoms with Crippen molar-refractivity contribution in [2.45, 2.75) is 0 Å². The molecule has 0 aliphatic rings. The molecule has 3 aromatic carbocycles. The van der Waals surface area contributed by atoms with Crippen molar-refractivity contribution in [1.29, 1.82) is 0 Å². The lowest BCUT2D eigenvalue weighted by molar-refractivity contribution is 0.0950. The molecule has 1 amide bonds. The Kier molecular flexibility index (Phi) is 5.72. The molecule has 0 aliphatic heterocycles. The van der Waals surface area contributed by atoms with Gasteiger partial charge in [-0.2, -0.15) is 5.10 Å². The summed E-state index contributed by atoms with van der Waals surface area (Å²) < 4.78 is 5.45. The fourth-order valence-electron chi connectivity index (χ4n) is 3.22. The van der Waals surface area contributed by atoms with Gasteiger partial charge in [0, 0.05) is 16.0 Å². The minimum Gasteiger partial charge on any atom is -0.481 e. The Bertz CT molecular complexity index is 1220. The third-order valence-electron chi connectivity index (χ3n) is 4.60. The highest BCUT2D eigenvalue weighted by Gasteiger charge is 2.20. The fraction of sp³-hybridized carbons (Fsp3) is 0.0417. The lowest BCUT2D eigenvalue weighted by Gasteiger charge is -2.14. The van der Waals surface area contributed by atoms with E-state index in [1.807, 2.05) is 66.7 Å². The van der Waals surface area contributed by atoms with Crippen molar-refractivity contribution in [3.05, 3.63) is 95.1 Å². The van der Waals surface area contributed by atoms with Crippen LogP contribution in [0.1, 0.15) is 16.1 Å². The molecule has 6 heteroatoms. The maximum absolute atomic E-state index is 13.0. The van der Waals surface area contributed by atoms with Gasteiger partial charge in [-0.15, -0.1) is 0 Å². The van der Waals surface area contributed by atoms with Crippen molar-refractivity contribution >= 4 is 34.5 Å². The summed E-state index contributed by atoms with van der Waals surface area (Å²) in [5, 5.41) is 6.42. The first-order valence-electron chi connectivity index (χ1n) is 9.28. The van der Waals surface area contributed by atoms with Crippen LogP contribution in [0.4, 0.5) is 0 Å². The molecule has 0 aliphatic carbocycles. The number of carbonyl (C=O) groups is 1. The molecule has 0 radical (unpaired) electrons. The molecule has 1 N–H and O–H groups in total. The van der Waals surface area contributed by atoms with Crippen LogP contribution in [0.5, 0.6) is 5.88 Å². The monoisotopic (exact) mass is 415 g/mol. The van der Waals surface area contributed by atoms with Crippen molar-refractivity contribution in [1.82, 2.24) is 10.4 Å². The van der Waals surface area contributed by atoms with Crippen LogP contribution in [-0.2, 0) is 0 Å². The van der Waals surface area contributed by atoms with Crippen molar-refractivity contribution in [3.8, 4) is 17.0 Å². The number of rotatable bonds is 5. The molecular weight excluding hydrogens is 398 g/mol. The summed E-state index contributed by atoms with van der Waals surface area (Å²) in [6.07, 6.45) is 1.55. The predicted octanol–water partition coefficient (Wildman–Crippen LogP) is 5.33. The number of hydrazone groups is 1. The van der Waals surface area contributed by atoms with Crippen molar-refractivity contribution in [3.63, 3.8) is 0 Å². The number of fused-ring (bicyclic) bond motifs is 1. The minimum atomic E-state index is -0.428. The molecule has 0 bridgehead atoms. The zero-order valence-corrected chi connectivity index (χ0v) is 16.9. The summed E-state index contributed by atoms with van der Waals surface area (Å²) in [6, 6.07) is 24.5. The van der Waals surface area contributed by atoms with E-state index in [-0.39, 0.29) is 5.69 Å². The van der Waals surface area contributed by atoms with E-state index in [0.717, 1.165) is 27.5 Å². The van der Waals surface area contributed by atoms with Crippen LogP contribution in [0, 0.1) is 0 Å². The molecule has 1 aromatic heterocycles. The van der Waals surface area contributed by atoms with E-state index in [9.17, 15) is 4.79 Å². The van der Waals surface area contributed by atoms with Gasteiger partial charge in [0.25, 0.3) is 5.91 Å². The maximum atomic E-state index is 13.0. The van der Waals surface area contributed by atoms with Crippen molar-refractivity contribution in [2.24, 2.45) is 5.10 Å². The highest BCUT2D eigenvalue weighted by Crippen LogP contribution is 2.35. The third kappa shape index (κ3) is 4.02. The fourth-order valence-corrected chi connectivity index (χ4v) is 3.34. The summed E-state index contributed by atoms with van der Waals surface area (Å²) in [5.41, 5.74) is 5.23. The first-order valence-corrected chi connectivity index (χ1v) is 9.66. The summed E-state index contributed by atoms with van der Waals surface area (Å²) in [7, 11) is 1.54. The van der Waals surface area contributed by atoms with E-state index >= 15 is 0 Å². The SMILES string of the molecule is COc1nc(C(=O)N/N=C/c2ccc(Cl)cc2)c(-c2ccccc2)c2ccccc12. The summed E-state index contributed by atoms with van der Waals surface area (Å²) in [5.74, 6) is -0.0415. The number of amides is 1. The van der Waals surface area contributed by atoms with Gasteiger partial charge in [-0.25, -0.2) is 10.4 Å². The minimum absolute atomic E-state index is 0.241. The van der Waals surface area contributed by atoms with Crippen molar-refractivity contribution in [2.75, 3.05) is 7.11 Å². The molecule has 148 valence electrons. The number of nitrogens with zero attached hydrogens (tertiary/aromatic N) is 2. The number of hydrogen-bond donors (Lipinski definition) is 1. The standard InChI is InChI=1S/C24H18ClN3O2/c1-30-24-20-10-6-5-9-19(20)21(17-7-3-2-4-8-17)22(27-24)23(29)28-26-15-16-11-13-18(25)14-12-16/h2-15H,1H3,(H,28,29)/b26-15+. The lowest BCUT2D eigenvalue weighted by atomic mass is 9.97. The lowest BCUT2D eigenvalue weighted by Crippen LogP contribution is -2.20. The molecule has 5 nitrogen and oxygen atoms in total. The number of benzene rings is 3. The number of pyridine rings is 1. The molecule has 4 rings (SSSR count). The molecule has 0 saturated heterocycles. The van der Waals surface area contributed by atoms with Gasteiger partial charge in [-0.3, -0.25) is 4.79 Å². The van der Waals surface area contributed by atoms with E-state index in [4.69, 9.17) is 16.3 Å². The highest BCUT2D eigenvalue weighted by molar-refractivity contribution is 6.30. The molecule has 0 atom stereocenters. The summed E-state index contributed by atoms with van der Waals surface area (Å²) in [6.45, 7) is 0. The Morgan fingerprint density at radius 3 is 2.33 bits per heavy atom. The third-order valence-corrected chi connectivity index (χ3v) is 4.85. The Morgan fingerprint density at radius 2 is 1.63 bits per heavy atom. The highest BCUT2D eigenvalue weighted by atomic mass is 35.5. The first-order chi connectivity index (χ1) is 14.7. The number of nitrogens with one attached hydrogen (secondary N) is 1. The van der Waals surface area contributed by atoms with E-state index < -0.39 is 5.91 Å². The summed E-state index contributed by atoms with van der Waals surface area (Å²) in [4.78, 5) is 17.5. The molecule has 0 fully saturated rings.